The Hall–Kier alpha value is -2.09. The van der Waals surface area contributed by atoms with Crippen LogP contribution >= 0.6 is 11.8 Å². The molecule has 1 aromatic carbocycles. The molecular weight excluding hydrogens is 392 g/mol. The van der Waals surface area contributed by atoms with Crippen molar-refractivity contribution in [2.24, 2.45) is 5.92 Å². The van der Waals surface area contributed by atoms with E-state index in [0.717, 1.165) is 19.3 Å². The van der Waals surface area contributed by atoms with Crippen LogP contribution in [0, 0.1) is 5.92 Å². The second-order valence-electron chi connectivity index (χ2n) is 7.36. The zero-order valence-corrected chi connectivity index (χ0v) is 18.7. The Bertz CT molecular complexity index is 698. The van der Waals surface area contributed by atoms with E-state index in [1.807, 2.05) is 6.92 Å². The van der Waals surface area contributed by atoms with Gasteiger partial charge in [-0.2, -0.15) is 0 Å². The van der Waals surface area contributed by atoms with Crippen LogP contribution in [-0.2, 0) is 9.53 Å². The molecule has 1 N–H and O–H groups in total. The maximum absolute atomic E-state index is 13.2. The van der Waals surface area contributed by atoms with Crippen LogP contribution in [0.4, 0.5) is 10.5 Å². The quantitative estimate of drug-likeness (QED) is 0.469. The molecule has 0 saturated carbocycles. The van der Waals surface area contributed by atoms with Gasteiger partial charge in [-0.15, -0.1) is 11.8 Å². The first-order valence-electron chi connectivity index (χ1n) is 10.0. The molecule has 2 unspecified atom stereocenters. The van der Waals surface area contributed by atoms with E-state index in [4.69, 9.17) is 14.2 Å². The van der Waals surface area contributed by atoms with Crippen molar-refractivity contribution < 1.29 is 23.8 Å². The van der Waals surface area contributed by atoms with Gasteiger partial charge in [-0.3, -0.25) is 4.90 Å². The molecule has 1 aromatic rings. The Labute approximate surface area is 177 Å². The van der Waals surface area contributed by atoms with Crippen molar-refractivity contribution in [1.29, 1.82) is 0 Å². The number of anilines is 1. The van der Waals surface area contributed by atoms with Crippen LogP contribution in [0.1, 0.15) is 40.0 Å². The molecule has 0 aromatic heterocycles. The highest BCUT2D eigenvalue weighted by Crippen LogP contribution is 2.36. The molecule has 2 rings (SSSR count). The SMILES string of the molecule is CCCCOC(=O)C1CSC(CC(C)C)N1C(=O)Nc1ccc(OC)cc1OC. The van der Waals surface area contributed by atoms with Crippen LogP contribution in [0.5, 0.6) is 11.5 Å². The standard InChI is InChI=1S/C21H32N2O5S/c1-6-7-10-28-20(24)17-13-29-19(11-14(2)3)23(17)21(25)22-16-9-8-15(26-4)12-18(16)27-5/h8-9,12,14,17,19H,6-7,10-11,13H2,1-5H3,(H,22,25). The third-order valence-electron chi connectivity index (χ3n) is 4.66. The van der Waals surface area contributed by atoms with Crippen LogP contribution in [0.15, 0.2) is 18.2 Å². The molecule has 29 heavy (non-hydrogen) atoms. The maximum Gasteiger partial charge on any atom is 0.329 e. The first-order chi connectivity index (χ1) is 13.9. The summed E-state index contributed by atoms with van der Waals surface area (Å²) in [6, 6.07) is 4.26. The molecule has 0 radical (unpaired) electrons. The monoisotopic (exact) mass is 424 g/mol. The number of hydrogen-bond acceptors (Lipinski definition) is 6. The van der Waals surface area contributed by atoms with E-state index in [1.54, 1.807) is 42.0 Å². The van der Waals surface area contributed by atoms with Gasteiger partial charge < -0.3 is 19.5 Å². The molecule has 1 heterocycles. The van der Waals surface area contributed by atoms with Crippen LogP contribution in [-0.4, -0.2) is 54.9 Å². The maximum atomic E-state index is 13.2. The fourth-order valence-electron chi connectivity index (χ4n) is 3.10. The Balaban J connectivity index is 2.19. The molecule has 2 amide bonds. The average Bonchev–Trinajstić information content (AvgIpc) is 3.11. The summed E-state index contributed by atoms with van der Waals surface area (Å²) in [6.07, 6.45) is 2.57. The fourth-order valence-corrected chi connectivity index (χ4v) is 4.72. The third-order valence-corrected chi connectivity index (χ3v) is 5.98. The number of ether oxygens (including phenoxy) is 3. The number of methoxy groups -OCH3 is 2. The van der Waals surface area contributed by atoms with Crippen molar-refractivity contribution in [1.82, 2.24) is 4.90 Å². The zero-order valence-electron chi connectivity index (χ0n) is 17.9. The molecule has 1 aliphatic heterocycles. The van der Waals surface area contributed by atoms with E-state index in [1.165, 1.54) is 7.11 Å². The lowest BCUT2D eigenvalue weighted by Crippen LogP contribution is -2.48. The summed E-state index contributed by atoms with van der Waals surface area (Å²) in [4.78, 5) is 27.4. The van der Waals surface area contributed by atoms with Crippen molar-refractivity contribution in [3.63, 3.8) is 0 Å². The van der Waals surface area contributed by atoms with Gasteiger partial charge in [0.1, 0.15) is 17.5 Å². The molecule has 0 aliphatic carbocycles. The Morgan fingerprint density at radius 2 is 2.03 bits per heavy atom. The lowest BCUT2D eigenvalue weighted by molar-refractivity contribution is -0.148. The lowest BCUT2D eigenvalue weighted by atomic mass is 10.1. The summed E-state index contributed by atoms with van der Waals surface area (Å²) in [5.74, 6) is 1.72. The number of thioether (sulfide) groups is 1. The minimum absolute atomic E-state index is 0.0806. The minimum atomic E-state index is -0.593. The fraction of sp³-hybridized carbons (Fsp3) is 0.619. The number of nitrogens with one attached hydrogen (secondary N) is 1. The van der Waals surface area contributed by atoms with Gasteiger partial charge in [0.15, 0.2) is 0 Å². The van der Waals surface area contributed by atoms with Gasteiger partial charge in [0, 0.05) is 11.8 Å². The number of benzene rings is 1. The van der Waals surface area contributed by atoms with Gasteiger partial charge in [0.25, 0.3) is 0 Å². The Morgan fingerprint density at radius 3 is 2.66 bits per heavy atom. The molecule has 2 atom stereocenters. The Kier molecular flexibility index (Phi) is 8.95. The highest BCUT2D eigenvalue weighted by molar-refractivity contribution is 8.00. The summed E-state index contributed by atoms with van der Waals surface area (Å²) >= 11 is 1.62. The van der Waals surface area contributed by atoms with Crippen molar-refractivity contribution in [3.05, 3.63) is 18.2 Å². The third kappa shape index (κ3) is 6.19. The summed E-state index contributed by atoms with van der Waals surface area (Å²) < 4.78 is 16.0. The second kappa shape index (κ2) is 11.2. The van der Waals surface area contributed by atoms with Crippen molar-refractivity contribution in [2.75, 3.05) is 31.9 Å². The summed E-state index contributed by atoms with van der Waals surface area (Å²) in [7, 11) is 3.10. The van der Waals surface area contributed by atoms with Crippen LogP contribution in [0.3, 0.4) is 0 Å². The zero-order chi connectivity index (χ0) is 21.4. The van der Waals surface area contributed by atoms with E-state index in [-0.39, 0.29) is 17.4 Å². The molecule has 1 fully saturated rings. The van der Waals surface area contributed by atoms with Crippen LogP contribution in [0.25, 0.3) is 0 Å². The predicted octanol–water partition coefficient (Wildman–Crippen LogP) is 4.37. The molecule has 0 bridgehead atoms. The molecule has 8 heteroatoms. The first-order valence-corrected chi connectivity index (χ1v) is 11.1. The second-order valence-corrected chi connectivity index (χ2v) is 8.57. The predicted molar refractivity (Wildman–Crippen MR) is 116 cm³/mol. The normalized spacial score (nSPS) is 18.6. The van der Waals surface area contributed by atoms with Gasteiger partial charge in [-0.05, 0) is 30.9 Å². The lowest BCUT2D eigenvalue weighted by Gasteiger charge is -2.29. The molecule has 162 valence electrons. The van der Waals surface area contributed by atoms with Crippen molar-refractivity contribution in [3.8, 4) is 11.5 Å². The minimum Gasteiger partial charge on any atom is -0.497 e. The Morgan fingerprint density at radius 1 is 1.28 bits per heavy atom. The molecular formula is C21H32N2O5S. The van der Waals surface area contributed by atoms with Gasteiger partial charge in [-0.1, -0.05) is 27.2 Å². The van der Waals surface area contributed by atoms with Gasteiger partial charge in [0.2, 0.25) is 0 Å². The summed E-state index contributed by atoms with van der Waals surface area (Å²) in [5.41, 5.74) is 0.525. The van der Waals surface area contributed by atoms with Crippen molar-refractivity contribution in [2.45, 2.75) is 51.4 Å². The largest absolute Gasteiger partial charge is 0.497 e. The van der Waals surface area contributed by atoms with Gasteiger partial charge in [0.05, 0.1) is 31.9 Å². The molecule has 7 nitrogen and oxygen atoms in total. The van der Waals surface area contributed by atoms with E-state index < -0.39 is 6.04 Å². The van der Waals surface area contributed by atoms with Crippen molar-refractivity contribution >= 4 is 29.4 Å². The molecule has 0 spiro atoms. The number of urea groups is 1. The molecule has 1 saturated heterocycles. The first kappa shape index (κ1) is 23.2. The number of carbonyl (C=O) groups is 2. The summed E-state index contributed by atoms with van der Waals surface area (Å²) in [6.45, 7) is 6.64. The topological polar surface area (TPSA) is 77.1 Å². The number of amides is 2. The van der Waals surface area contributed by atoms with E-state index in [0.29, 0.717) is 35.5 Å². The highest BCUT2D eigenvalue weighted by atomic mass is 32.2. The van der Waals surface area contributed by atoms with Gasteiger partial charge >= 0.3 is 12.0 Å². The highest BCUT2D eigenvalue weighted by Gasteiger charge is 2.42. The van der Waals surface area contributed by atoms with Crippen LogP contribution < -0.4 is 14.8 Å². The van der Waals surface area contributed by atoms with Crippen LogP contribution in [0.2, 0.25) is 0 Å². The smallest absolute Gasteiger partial charge is 0.329 e. The summed E-state index contributed by atoms with van der Waals surface area (Å²) in [5, 5.41) is 2.81. The average molecular weight is 425 g/mol. The van der Waals surface area contributed by atoms with E-state index >= 15 is 0 Å². The van der Waals surface area contributed by atoms with E-state index in [9.17, 15) is 9.59 Å². The number of carbonyl (C=O) groups excluding carboxylic acids is 2. The number of esters is 1. The number of hydrogen-bond donors (Lipinski definition) is 1. The van der Waals surface area contributed by atoms with Gasteiger partial charge in [-0.25, -0.2) is 9.59 Å². The number of unbranched alkanes of at least 4 members (excludes halogenated alkanes) is 1. The number of rotatable bonds is 9. The van der Waals surface area contributed by atoms with E-state index in [2.05, 4.69) is 19.2 Å². The number of nitrogens with zero attached hydrogens (tertiary/aromatic N) is 1. The molecule has 1 aliphatic rings.